The van der Waals surface area contributed by atoms with Gasteiger partial charge in [-0.1, -0.05) is 26.0 Å². The molecule has 40 heavy (non-hydrogen) atoms. The fourth-order valence-corrected chi connectivity index (χ4v) is 6.16. The summed E-state index contributed by atoms with van der Waals surface area (Å²) in [7, 11) is 4.25. The first kappa shape index (κ1) is 26.7. The molecule has 2 aliphatic heterocycles. The minimum absolute atomic E-state index is 0.522. The van der Waals surface area contributed by atoms with E-state index in [0.717, 1.165) is 91.8 Å². The number of nitrogens with zero attached hydrogens (tertiary/aromatic N) is 7. The number of imidazole rings is 1. The van der Waals surface area contributed by atoms with Crippen molar-refractivity contribution in [1.82, 2.24) is 34.1 Å². The summed E-state index contributed by atoms with van der Waals surface area (Å²) in [6, 6.07) is 11.0. The molecular formula is C32H42N8. The van der Waals surface area contributed by atoms with Crippen molar-refractivity contribution in [2.75, 3.05) is 38.5 Å². The zero-order valence-corrected chi connectivity index (χ0v) is 24.5. The number of likely N-dealkylation sites (N-methyl/N-ethyl adjacent to an activating group) is 1. The number of fused-ring (bicyclic) bond motifs is 7. The molecule has 1 aromatic carbocycles. The lowest BCUT2D eigenvalue weighted by Gasteiger charge is -2.32. The van der Waals surface area contributed by atoms with Gasteiger partial charge in [-0.2, -0.15) is 5.10 Å². The zero-order chi connectivity index (χ0) is 27.8. The average Bonchev–Trinajstić information content (AvgIpc) is 3.46. The van der Waals surface area contributed by atoms with E-state index in [4.69, 9.17) is 9.97 Å². The summed E-state index contributed by atoms with van der Waals surface area (Å²) in [5, 5.41) is 8.18. The van der Waals surface area contributed by atoms with Crippen LogP contribution in [-0.2, 0) is 26.6 Å². The molecule has 2 bridgehead atoms. The van der Waals surface area contributed by atoms with Crippen molar-refractivity contribution in [2.45, 2.75) is 52.6 Å². The summed E-state index contributed by atoms with van der Waals surface area (Å²) < 4.78 is 4.39. The second kappa shape index (κ2) is 11.2. The van der Waals surface area contributed by atoms with Crippen molar-refractivity contribution in [3.05, 3.63) is 65.6 Å². The molecule has 0 spiro atoms. The van der Waals surface area contributed by atoms with E-state index in [1.165, 1.54) is 29.6 Å². The van der Waals surface area contributed by atoms with Gasteiger partial charge < -0.3 is 14.8 Å². The Morgan fingerprint density at radius 2 is 1.85 bits per heavy atom. The Labute approximate surface area is 237 Å². The fraction of sp³-hybridized carbons (Fsp3) is 0.469. The number of hydrogen-bond donors (Lipinski definition) is 1. The number of hydrogen-bond acceptors (Lipinski definition) is 6. The van der Waals surface area contributed by atoms with Crippen LogP contribution in [0.3, 0.4) is 0 Å². The Kier molecular flexibility index (Phi) is 7.47. The molecule has 1 atom stereocenters. The number of aryl methyl sites for hydroxylation is 2. The third-order valence-corrected chi connectivity index (χ3v) is 8.57. The standard InChI is InChI=1S/C32H42N8/c1-22-8-6-7-9-30-27(19-33-38(30)5)29-18-26(16-23(2)34-29)24(3)35-32-36-28-11-10-25(17-31(28)40(32)20-22)21-39-14-12-37(4)13-15-39/h10-11,16-19,22H,3,6-9,12-15,20-21H2,1-2,4-5H3,(H,35,36)/t22-/m1/s1. The van der Waals surface area contributed by atoms with Crippen LogP contribution in [0, 0.1) is 12.8 Å². The van der Waals surface area contributed by atoms with Crippen molar-refractivity contribution in [3.63, 3.8) is 0 Å². The van der Waals surface area contributed by atoms with Crippen LogP contribution >= 0.6 is 0 Å². The van der Waals surface area contributed by atoms with Gasteiger partial charge in [0.2, 0.25) is 5.95 Å². The molecule has 2 aliphatic rings. The highest BCUT2D eigenvalue weighted by atomic mass is 15.3. The topological polar surface area (TPSA) is 67.0 Å². The van der Waals surface area contributed by atoms with Crippen LogP contribution in [0.25, 0.3) is 28.0 Å². The van der Waals surface area contributed by atoms with Crippen LogP contribution in [0.15, 0.2) is 43.1 Å². The number of pyridine rings is 1. The van der Waals surface area contributed by atoms with Gasteiger partial charge in [0.25, 0.3) is 0 Å². The maximum Gasteiger partial charge on any atom is 0.208 e. The number of aromatic nitrogens is 5. The first-order chi connectivity index (χ1) is 19.3. The van der Waals surface area contributed by atoms with Gasteiger partial charge in [-0.05, 0) is 69.0 Å². The molecule has 5 heterocycles. The van der Waals surface area contributed by atoms with E-state index < -0.39 is 0 Å². The largest absolute Gasteiger partial charge is 0.326 e. The van der Waals surface area contributed by atoms with E-state index in [1.807, 2.05) is 24.9 Å². The van der Waals surface area contributed by atoms with Crippen LogP contribution in [0.4, 0.5) is 5.95 Å². The van der Waals surface area contributed by atoms with E-state index in [-0.39, 0.29) is 0 Å². The van der Waals surface area contributed by atoms with Crippen molar-refractivity contribution in [3.8, 4) is 11.3 Å². The van der Waals surface area contributed by atoms with Crippen molar-refractivity contribution in [2.24, 2.45) is 13.0 Å². The molecule has 1 fully saturated rings. The molecular weight excluding hydrogens is 496 g/mol. The summed E-state index contributed by atoms with van der Waals surface area (Å²) >= 11 is 0. The van der Waals surface area contributed by atoms with Crippen LogP contribution in [-0.4, -0.2) is 67.3 Å². The summed E-state index contributed by atoms with van der Waals surface area (Å²) in [6.07, 6.45) is 6.43. The fourth-order valence-electron chi connectivity index (χ4n) is 6.16. The van der Waals surface area contributed by atoms with Crippen molar-refractivity contribution < 1.29 is 0 Å². The minimum atomic E-state index is 0.522. The quantitative estimate of drug-likeness (QED) is 0.372. The normalized spacial score (nSPS) is 19.5. The van der Waals surface area contributed by atoms with Gasteiger partial charge in [-0.25, -0.2) is 4.98 Å². The molecule has 1 saturated heterocycles. The maximum absolute atomic E-state index is 5.07. The third-order valence-electron chi connectivity index (χ3n) is 8.57. The summed E-state index contributed by atoms with van der Waals surface area (Å²) in [5.41, 5.74) is 9.70. The number of piperazine rings is 1. The Balaban J connectivity index is 1.36. The molecule has 6 rings (SSSR count). The third kappa shape index (κ3) is 5.56. The highest BCUT2D eigenvalue weighted by Crippen LogP contribution is 2.30. The van der Waals surface area contributed by atoms with Gasteiger partial charge >= 0.3 is 0 Å². The second-order valence-corrected chi connectivity index (χ2v) is 11.9. The predicted octanol–water partition coefficient (Wildman–Crippen LogP) is 5.33. The monoisotopic (exact) mass is 538 g/mol. The number of anilines is 1. The second-order valence-electron chi connectivity index (χ2n) is 11.9. The zero-order valence-electron chi connectivity index (χ0n) is 24.5. The van der Waals surface area contributed by atoms with Crippen molar-refractivity contribution in [1.29, 1.82) is 0 Å². The molecule has 210 valence electrons. The van der Waals surface area contributed by atoms with Gasteiger partial charge in [0.1, 0.15) is 0 Å². The lowest BCUT2D eigenvalue weighted by molar-refractivity contribution is 0.148. The molecule has 8 nitrogen and oxygen atoms in total. The first-order valence-corrected chi connectivity index (χ1v) is 14.7. The lowest BCUT2D eigenvalue weighted by atomic mass is 10.0. The average molecular weight is 539 g/mol. The Morgan fingerprint density at radius 3 is 2.67 bits per heavy atom. The molecule has 0 unspecified atom stereocenters. The number of rotatable bonds is 2. The Bertz CT molecular complexity index is 1520. The van der Waals surface area contributed by atoms with E-state index >= 15 is 0 Å². The molecule has 4 aromatic rings. The van der Waals surface area contributed by atoms with Crippen LogP contribution < -0.4 is 5.32 Å². The highest BCUT2D eigenvalue weighted by Gasteiger charge is 2.20. The van der Waals surface area contributed by atoms with Gasteiger partial charge in [0.05, 0.1) is 22.9 Å². The van der Waals surface area contributed by atoms with Crippen molar-refractivity contribution >= 4 is 22.7 Å². The number of benzene rings is 1. The smallest absolute Gasteiger partial charge is 0.208 e. The van der Waals surface area contributed by atoms with E-state index in [1.54, 1.807) is 0 Å². The van der Waals surface area contributed by atoms with Crippen LogP contribution in [0.5, 0.6) is 0 Å². The highest BCUT2D eigenvalue weighted by molar-refractivity contribution is 5.83. The Hall–Kier alpha value is -3.49. The molecule has 0 saturated carbocycles. The van der Waals surface area contributed by atoms with Gasteiger partial charge in [0.15, 0.2) is 0 Å². The first-order valence-electron chi connectivity index (χ1n) is 14.7. The molecule has 1 N–H and O–H groups in total. The molecule has 0 radical (unpaired) electrons. The number of nitrogens with one attached hydrogen (secondary N) is 1. The maximum atomic E-state index is 5.07. The molecule has 3 aromatic heterocycles. The Morgan fingerprint density at radius 1 is 1.02 bits per heavy atom. The van der Waals surface area contributed by atoms with E-state index in [0.29, 0.717) is 5.92 Å². The lowest BCUT2D eigenvalue weighted by Crippen LogP contribution is -2.43. The van der Waals surface area contributed by atoms with Gasteiger partial charge in [0, 0.05) is 74.5 Å². The van der Waals surface area contributed by atoms with E-state index in [9.17, 15) is 0 Å². The van der Waals surface area contributed by atoms with E-state index in [2.05, 4.69) is 75.7 Å². The minimum Gasteiger partial charge on any atom is -0.326 e. The van der Waals surface area contributed by atoms with Gasteiger partial charge in [-0.3, -0.25) is 14.6 Å². The summed E-state index contributed by atoms with van der Waals surface area (Å²) in [5.74, 6) is 1.38. The molecule has 8 heteroatoms. The molecule has 0 amide bonds. The predicted molar refractivity (Wildman–Crippen MR) is 163 cm³/mol. The molecule has 0 aliphatic carbocycles. The summed E-state index contributed by atoms with van der Waals surface area (Å²) in [4.78, 5) is 14.9. The van der Waals surface area contributed by atoms with Crippen LogP contribution in [0.1, 0.15) is 48.7 Å². The SMILES string of the molecule is C=C1Nc2nc3ccc(CN4CCN(C)CC4)cc3n2C[C@H](C)CCCCc2c(cnn2C)-c2cc1cc(C)n2. The van der Waals surface area contributed by atoms with Crippen LogP contribution in [0.2, 0.25) is 0 Å². The van der Waals surface area contributed by atoms with Gasteiger partial charge in [-0.15, -0.1) is 0 Å². The summed E-state index contributed by atoms with van der Waals surface area (Å²) in [6.45, 7) is 15.2.